The Morgan fingerprint density at radius 3 is 3.07 bits per heavy atom. The molecule has 0 bridgehead atoms. The second-order valence-electron chi connectivity index (χ2n) is 3.89. The zero-order chi connectivity index (χ0) is 10.7. The molecule has 2 N–H and O–H groups in total. The molecular formula is C11H17NO3. The average molecular weight is 211 g/mol. The highest BCUT2D eigenvalue weighted by Crippen LogP contribution is 2.19. The Morgan fingerprint density at radius 2 is 2.53 bits per heavy atom. The van der Waals surface area contributed by atoms with Gasteiger partial charge in [0.15, 0.2) is 0 Å². The lowest BCUT2D eigenvalue weighted by molar-refractivity contribution is 0.106. The van der Waals surface area contributed by atoms with Gasteiger partial charge >= 0.3 is 0 Å². The van der Waals surface area contributed by atoms with Crippen LogP contribution in [0.1, 0.15) is 25.1 Å². The minimum Gasteiger partial charge on any atom is -0.468 e. The maximum Gasteiger partial charge on any atom is 0.123 e. The largest absolute Gasteiger partial charge is 0.468 e. The molecule has 1 saturated heterocycles. The number of furan rings is 1. The average Bonchev–Trinajstić information content (AvgIpc) is 2.86. The summed E-state index contributed by atoms with van der Waals surface area (Å²) in [7, 11) is 0. The number of hydrogen-bond acceptors (Lipinski definition) is 4. The molecular weight excluding hydrogens is 194 g/mol. The van der Waals surface area contributed by atoms with Crippen LogP contribution in [-0.4, -0.2) is 30.5 Å². The van der Waals surface area contributed by atoms with Crippen LogP contribution in [0.3, 0.4) is 0 Å². The molecule has 1 aromatic rings. The van der Waals surface area contributed by atoms with Crippen LogP contribution in [0.4, 0.5) is 0 Å². The van der Waals surface area contributed by atoms with Crippen molar-refractivity contribution in [2.45, 2.75) is 31.5 Å². The van der Waals surface area contributed by atoms with Gasteiger partial charge in [-0.1, -0.05) is 0 Å². The second-order valence-corrected chi connectivity index (χ2v) is 3.89. The summed E-state index contributed by atoms with van der Waals surface area (Å²) in [6, 6.07) is 3.86. The van der Waals surface area contributed by atoms with E-state index in [-0.39, 0.29) is 18.8 Å². The Balaban J connectivity index is 1.96. The zero-order valence-corrected chi connectivity index (χ0v) is 8.85. The molecule has 4 heteroatoms. The third kappa shape index (κ3) is 2.40. The number of aliphatic hydroxyl groups excluding tert-OH is 1. The van der Waals surface area contributed by atoms with Gasteiger partial charge < -0.3 is 14.3 Å². The predicted molar refractivity (Wildman–Crippen MR) is 55.5 cm³/mol. The van der Waals surface area contributed by atoms with E-state index in [1.165, 1.54) is 0 Å². The molecule has 0 amide bonds. The molecule has 1 fully saturated rings. The van der Waals surface area contributed by atoms with E-state index in [0.717, 1.165) is 18.8 Å². The Hall–Kier alpha value is -0.840. The van der Waals surface area contributed by atoms with Crippen LogP contribution in [0.5, 0.6) is 0 Å². The Labute approximate surface area is 89.2 Å². The molecule has 84 valence electrons. The van der Waals surface area contributed by atoms with Gasteiger partial charge in [0.1, 0.15) is 5.76 Å². The summed E-state index contributed by atoms with van der Waals surface area (Å²) in [6.45, 7) is 2.87. The lowest BCUT2D eigenvalue weighted by Crippen LogP contribution is -2.38. The number of ether oxygens (including phenoxy) is 1. The van der Waals surface area contributed by atoms with E-state index in [4.69, 9.17) is 9.15 Å². The lowest BCUT2D eigenvalue weighted by Gasteiger charge is -2.21. The van der Waals surface area contributed by atoms with Gasteiger partial charge in [-0.15, -0.1) is 0 Å². The van der Waals surface area contributed by atoms with Gasteiger partial charge in [0.2, 0.25) is 0 Å². The SMILES string of the molecule is CC1OCCC1NC(CO)c1ccco1. The fourth-order valence-electron chi connectivity index (χ4n) is 1.92. The molecule has 1 aliphatic heterocycles. The maximum absolute atomic E-state index is 9.28. The van der Waals surface area contributed by atoms with Crippen molar-refractivity contribution in [3.05, 3.63) is 24.2 Å². The van der Waals surface area contributed by atoms with Gasteiger partial charge in [0, 0.05) is 12.6 Å². The fourth-order valence-corrected chi connectivity index (χ4v) is 1.92. The van der Waals surface area contributed by atoms with E-state index in [2.05, 4.69) is 5.32 Å². The molecule has 2 heterocycles. The summed E-state index contributed by atoms with van der Waals surface area (Å²) in [5.74, 6) is 0.775. The number of rotatable bonds is 4. The van der Waals surface area contributed by atoms with E-state index in [9.17, 15) is 5.11 Å². The van der Waals surface area contributed by atoms with E-state index in [0.29, 0.717) is 6.04 Å². The lowest BCUT2D eigenvalue weighted by atomic mass is 10.1. The first-order valence-electron chi connectivity index (χ1n) is 5.33. The summed E-state index contributed by atoms with van der Waals surface area (Å²) in [5, 5.41) is 12.6. The molecule has 0 radical (unpaired) electrons. The molecule has 0 saturated carbocycles. The molecule has 0 spiro atoms. The highest BCUT2D eigenvalue weighted by atomic mass is 16.5. The van der Waals surface area contributed by atoms with Gasteiger partial charge in [-0.05, 0) is 25.5 Å². The first-order chi connectivity index (χ1) is 7.31. The van der Waals surface area contributed by atoms with Crippen molar-refractivity contribution < 1.29 is 14.3 Å². The van der Waals surface area contributed by atoms with Crippen molar-refractivity contribution in [2.24, 2.45) is 0 Å². The minimum atomic E-state index is -0.130. The smallest absolute Gasteiger partial charge is 0.123 e. The van der Waals surface area contributed by atoms with E-state index in [1.807, 2.05) is 19.1 Å². The van der Waals surface area contributed by atoms with Crippen molar-refractivity contribution in [1.29, 1.82) is 0 Å². The molecule has 0 aliphatic carbocycles. The topological polar surface area (TPSA) is 54.6 Å². The van der Waals surface area contributed by atoms with E-state index in [1.54, 1.807) is 6.26 Å². The third-order valence-electron chi connectivity index (χ3n) is 2.86. The van der Waals surface area contributed by atoms with Crippen molar-refractivity contribution in [3.63, 3.8) is 0 Å². The number of hydrogen-bond donors (Lipinski definition) is 2. The van der Waals surface area contributed by atoms with Crippen LogP contribution in [0, 0.1) is 0 Å². The summed E-state index contributed by atoms with van der Waals surface area (Å²) in [6.07, 6.45) is 2.81. The van der Waals surface area contributed by atoms with Crippen LogP contribution >= 0.6 is 0 Å². The zero-order valence-electron chi connectivity index (χ0n) is 8.85. The Bertz CT molecular complexity index is 286. The molecule has 2 rings (SSSR count). The first kappa shape index (κ1) is 10.7. The standard InChI is InChI=1S/C11H17NO3/c1-8-9(4-6-14-8)12-10(7-13)11-3-2-5-15-11/h2-3,5,8-10,12-13H,4,6-7H2,1H3. The fraction of sp³-hybridized carbons (Fsp3) is 0.636. The quantitative estimate of drug-likeness (QED) is 0.782. The molecule has 3 atom stereocenters. The van der Waals surface area contributed by atoms with Crippen LogP contribution < -0.4 is 5.32 Å². The predicted octanol–water partition coefficient (Wildman–Crippen LogP) is 1.08. The molecule has 15 heavy (non-hydrogen) atoms. The van der Waals surface area contributed by atoms with Gasteiger partial charge in [-0.3, -0.25) is 5.32 Å². The molecule has 4 nitrogen and oxygen atoms in total. The summed E-state index contributed by atoms with van der Waals surface area (Å²) >= 11 is 0. The van der Waals surface area contributed by atoms with Crippen LogP contribution in [0.15, 0.2) is 22.8 Å². The Morgan fingerprint density at radius 1 is 1.67 bits per heavy atom. The highest BCUT2D eigenvalue weighted by Gasteiger charge is 2.27. The highest BCUT2D eigenvalue weighted by molar-refractivity contribution is 5.05. The van der Waals surface area contributed by atoms with Gasteiger partial charge in [0.25, 0.3) is 0 Å². The van der Waals surface area contributed by atoms with Crippen LogP contribution in [-0.2, 0) is 4.74 Å². The van der Waals surface area contributed by atoms with Crippen LogP contribution in [0.2, 0.25) is 0 Å². The van der Waals surface area contributed by atoms with Gasteiger partial charge in [-0.2, -0.15) is 0 Å². The number of nitrogens with one attached hydrogen (secondary N) is 1. The Kier molecular flexibility index (Phi) is 3.41. The summed E-state index contributed by atoms with van der Waals surface area (Å²) in [4.78, 5) is 0. The van der Waals surface area contributed by atoms with E-state index < -0.39 is 0 Å². The second kappa shape index (κ2) is 4.79. The van der Waals surface area contributed by atoms with Crippen molar-refractivity contribution in [1.82, 2.24) is 5.32 Å². The normalized spacial score (nSPS) is 28.1. The van der Waals surface area contributed by atoms with Crippen molar-refractivity contribution in [3.8, 4) is 0 Å². The number of aliphatic hydroxyl groups is 1. The summed E-state index contributed by atoms with van der Waals surface area (Å²) < 4.78 is 10.7. The monoisotopic (exact) mass is 211 g/mol. The molecule has 3 unspecified atom stereocenters. The first-order valence-corrected chi connectivity index (χ1v) is 5.33. The van der Waals surface area contributed by atoms with E-state index >= 15 is 0 Å². The van der Waals surface area contributed by atoms with Crippen LogP contribution in [0.25, 0.3) is 0 Å². The van der Waals surface area contributed by atoms with Gasteiger partial charge in [-0.25, -0.2) is 0 Å². The molecule has 0 aromatic carbocycles. The van der Waals surface area contributed by atoms with Crippen molar-refractivity contribution in [2.75, 3.05) is 13.2 Å². The van der Waals surface area contributed by atoms with Crippen molar-refractivity contribution >= 4 is 0 Å². The molecule has 1 aliphatic rings. The maximum atomic E-state index is 9.28. The third-order valence-corrected chi connectivity index (χ3v) is 2.86. The summed E-state index contributed by atoms with van der Waals surface area (Å²) in [5.41, 5.74) is 0. The minimum absolute atomic E-state index is 0.0384. The van der Waals surface area contributed by atoms with Gasteiger partial charge in [0.05, 0.1) is 25.0 Å². The molecule has 1 aromatic heterocycles.